The maximum Gasteiger partial charge on any atom is 0.232 e. The number of carbonyl (C=O) groups is 1. The highest BCUT2D eigenvalue weighted by molar-refractivity contribution is 8.01. The topological polar surface area (TPSA) is 62.7 Å². The molecule has 21 heavy (non-hydrogen) atoms. The smallest absolute Gasteiger partial charge is 0.232 e. The number of para-hydroxylation sites is 1. The van der Waals surface area contributed by atoms with Crippen molar-refractivity contribution < 1.29 is 14.6 Å². The minimum absolute atomic E-state index is 0.0330. The third kappa shape index (κ3) is 4.67. The third-order valence-corrected chi connectivity index (χ3v) is 5.03. The molecule has 0 spiro atoms. The Labute approximate surface area is 131 Å². The van der Waals surface area contributed by atoms with Gasteiger partial charge in [0.25, 0.3) is 0 Å². The highest BCUT2D eigenvalue weighted by atomic mass is 32.2. The van der Waals surface area contributed by atoms with Crippen LogP contribution in [0.2, 0.25) is 0 Å². The quantitative estimate of drug-likeness (QED) is 0.787. The summed E-state index contributed by atoms with van der Waals surface area (Å²) in [6.45, 7) is 0.496. The molecule has 7 heteroatoms. The Morgan fingerprint density at radius 3 is 3.00 bits per heavy atom. The normalized spacial score (nSPS) is 12.5. The molecule has 1 N–H and O–H groups in total. The summed E-state index contributed by atoms with van der Waals surface area (Å²) in [6.07, 6.45) is -0.656. The molecular weight excluding hydrogens is 308 g/mol. The average Bonchev–Trinajstić information content (AvgIpc) is 2.87. The number of thiazole rings is 1. The van der Waals surface area contributed by atoms with Gasteiger partial charge >= 0.3 is 0 Å². The highest BCUT2D eigenvalue weighted by Crippen LogP contribution is 2.29. The number of ether oxygens (including phenoxy) is 1. The maximum atomic E-state index is 12.0. The van der Waals surface area contributed by atoms with Crippen LogP contribution in [0.15, 0.2) is 28.6 Å². The van der Waals surface area contributed by atoms with Crippen molar-refractivity contribution >= 4 is 39.2 Å². The van der Waals surface area contributed by atoms with Gasteiger partial charge in [0.1, 0.15) is 0 Å². The Morgan fingerprint density at radius 2 is 2.29 bits per heavy atom. The predicted molar refractivity (Wildman–Crippen MR) is 85.9 cm³/mol. The number of fused-ring (bicyclic) bond motifs is 1. The lowest BCUT2D eigenvalue weighted by molar-refractivity contribution is -0.128. The molecule has 0 aliphatic heterocycles. The van der Waals surface area contributed by atoms with Gasteiger partial charge in [-0.05, 0) is 12.1 Å². The van der Waals surface area contributed by atoms with Crippen LogP contribution in [-0.4, -0.2) is 60.1 Å². The highest BCUT2D eigenvalue weighted by Gasteiger charge is 2.15. The van der Waals surface area contributed by atoms with Gasteiger partial charge in [-0.15, -0.1) is 11.3 Å². The number of aliphatic hydroxyl groups is 1. The fourth-order valence-electron chi connectivity index (χ4n) is 1.81. The number of rotatable bonds is 7. The van der Waals surface area contributed by atoms with Crippen molar-refractivity contribution in [3.8, 4) is 0 Å². The van der Waals surface area contributed by atoms with Crippen LogP contribution < -0.4 is 0 Å². The van der Waals surface area contributed by atoms with E-state index in [1.54, 1.807) is 18.4 Å². The third-order valence-electron chi connectivity index (χ3n) is 2.86. The van der Waals surface area contributed by atoms with Crippen LogP contribution in [0.25, 0.3) is 10.2 Å². The van der Waals surface area contributed by atoms with E-state index in [1.165, 1.54) is 23.8 Å². The summed E-state index contributed by atoms with van der Waals surface area (Å²) in [5.41, 5.74) is 0.960. The molecule has 0 radical (unpaired) electrons. The molecular formula is C14H18N2O3S2. The van der Waals surface area contributed by atoms with Crippen LogP contribution in [0.1, 0.15) is 0 Å². The number of nitrogens with zero attached hydrogens (tertiary/aromatic N) is 2. The number of aromatic nitrogens is 1. The summed E-state index contributed by atoms with van der Waals surface area (Å²) < 4.78 is 6.85. The Balaban J connectivity index is 1.85. The van der Waals surface area contributed by atoms with Crippen LogP contribution >= 0.6 is 23.1 Å². The zero-order valence-electron chi connectivity index (χ0n) is 12.0. The average molecular weight is 326 g/mol. The van der Waals surface area contributed by atoms with Crippen LogP contribution in [0.4, 0.5) is 0 Å². The molecule has 0 fully saturated rings. The van der Waals surface area contributed by atoms with E-state index in [4.69, 9.17) is 4.74 Å². The lowest BCUT2D eigenvalue weighted by Crippen LogP contribution is -2.37. The van der Waals surface area contributed by atoms with Crippen LogP contribution in [0.5, 0.6) is 0 Å². The maximum absolute atomic E-state index is 12.0. The van der Waals surface area contributed by atoms with Crippen LogP contribution in [0.3, 0.4) is 0 Å². The van der Waals surface area contributed by atoms with E-state index in [0.717, 1.165) is 14.6 Å². The van der Waals surface area contributed by atoms with Gasteiger partial charge in [-0.2, -0.15) is 0 Å². The minimum atomic E-state index is -0.656. The molecule has 0 saturated heterocycles. The Kier molecular flexibility index (Phi) is 5.98. The van der Waals surface area contributed by atoms with E-state index < -0.39 is 6.10 Å². The molecule has 5 nitrogen and oxygen atoms in total. The number of thioether (sulfide) groups is 1. The SMILES string of the molecule is COCC(O)CN(C)C(=O)CSc1nc2ccccc2s1. The summed E-state index contributed by atoms with van der Waals surface area (Å²) in [5, 5.41) is 9.61. The first-order valence-electron chi connectivity index (χ1n) is 6.49. The molecule has 0 aliphatic rings. The lowest BCUT2D eigenvalue weighted by Gasteiger charge is -2.20. The van der Waals surface area contributed by atoms with E-state index >= 15 is 0 Å². The Morgan fingerprint density at radius 1 is 1.52 bits per heavy atom. The van der Waals surface area contributed by atoms with Crippen molar-refractivity contribution in [2.75, 3.05) is 33.1 Å². The molecule has 1 aromatic carbocycles. The van der Waals surface area contributed by atoms with Crippen molar-refractivity contribution in [3.05, 3.63) is 24.3 Å². The van der Waals surface area contributed by atoms with Crippen molar-refractivity contribution in [1.29, 1.82) is 0 Å². The van der Waals surface area contributed by atoms with Gasteiger partial charge in [-0.25, -0.2) is 4.98 Å². The van der Waals surface area contributed by atoms with E-state index in [-0.39, 0.29) is 19.1 Å². The molecule has 0 saturated carbocycles. The van der Waals surface area contributed by atoms with E-state index in [1.807, 2.05) is 24.3 Å². The molecule has 2 aromatic rings. The largest absolute Gasteiger partial charge is 0.389 e. The van der Waals surface area contributed by atoms with Crippen molar-refractivity contribution in [2.45, 2.75) is 10.4 Å². The standard InChI is InChI=1S/C14H18N2O3S2/c1-16(7-10(17)8-19-2)13(18)9-20-14-15-11-5-3-4-6-12(11)21-14/h3-6,10,17H,7-9H2,1-2H3. The second-order valence-electron chi connectivity index (χ2n) is 4.62. The Bertz CT molecular complexity index is 570. The molecule has 1 atom stereocenters. The summed E-state index contributed by atoms with van der Waals surface area (Å²) in [6, 6.07) is 7.91. The van der Waals surface area contributed by atoms with Gasteiger partial charge in [-0.1, -0.05) is 23.9 Å². The van der Waals surface area contributed by atoms with Crippen molar-refractivity contribution in [3.63, 3.8) is 0 Å². The number of methoxy groups -OCH3 is 1. The van der Waals surface area contributed by atoms with E-state index in [9.17, 15) is 9.90 Å². The van der Waals surface area contributed by atoms with Gasteiger partial charge < -0.3 is 14.7 Å². The monoisotopic (exact) mass is 326 g/mol. The first-order valence-corrected chi connectivity index (χ1v) is 8.29. The van der Waals surface area contributed by atoms with Gasteiger partial charge in [-0.3, -0.25) is 4.79 Å². The predicted octanol–water partition coefficient (Wildman–Crippen LogP) is 1.85. The first kappa shape index (κ1) is 16.2. The molecule has 1 amide bonds. The molecule has 1 unspecified atom stereocenters. The van der Waals surface area contributed by atoms with Crippen molar-refractivity contribution in [1.82, 2.24) is 9.88 Å². The summed E-state index contributed by atoms with van der Waals surface area (Å²) in [4.78, 5) is 18.0. The zero-order valence-corrected chi connectivity index (χ0v) is 13.6. The molecule has 2 rings (SSSR count). The number of carbonyl (C=O) groups excluding carboxylic acids is 1. The summed E-state index contributed by atoms with van der Waals surface area (Å²) in [7, 11) is 3.20. The summed E-state index contributed by atoms with van der Waals surface area (Å²) in [5.74, 6) is 0.283. The minimum Gasteiger partial charge on any atom is -0.389 e. The van der Waals surface area contributed by atoms with Crippen LogP contribution in [-0.2, 0) is 9.53 Å². The fourth-order valence-corrected chi connectivity index (χ4v) is 3.82. The Hall–Kier alpha value is -1.15. The molecule has 0 aliphatic carbocycles. The fraction of sp³-hybridized carbons (Fsp3) is 0.429. The molecule has 1 aromatic heterocycles. The van der Waals surface area contributed by atoms with Gasteiger partial charge in [0.05, 0.1) is 28.7 Å². The summed E-state index contributed by atoms with van der Waals surface area (Å²) >= 11 is 3.01. The number of amides is 1. The van der Waals surface area contributed by atoms with Crippen LogP contribution in [0, 0.1) is 0 Å². The van der Waals surface area contributed by atoms with Crippen molar-refractivity contribution in [2.24, 2.45) is 0 Å². The lowest BCUT2D eigenvalue weighted by atomic mass is 10.3. The second-order valence-corrected chi connectivity index (χ2v) is 6.87. The number of hydrogen-bond acceptors (Lipinski definition) is 6. The zero-order chi connectivity index (χ0) is 15.2. The molecule has 0 bridgehead atoms. The number of hydrogen-bond donors (Lipinski definition) is 1. The van der Waals surface area contributed by atoms with Gasteiger partial charge in [0, 0.05) is 20.7 Å². The van der Waals surface area contributed by atoms with E-state index in [2.05, 4.69) is 4.98 Å². The number of aliphatic hydroxyl groups excluding tert-OH is 1. The van der Waals surface area contributed by atoms with E-state index in [0.29, 0.717) is 5.75 Å². The molecule has 114 valence electrons. The van der Waals surface area contributed by atoms with Gasteiger partial charge in [0.2, 0.25) is 5.91 Å². The van der Waals surface area contributed by atoms with Gasteiger partial charge in [0.15, 0.2) is 4.34 Å². The molecule has 1 heterocycles. The number of benzene rings is 1. The number of likely N-dealkylation sites (N-methyl/N-ethyl adjacent to an activating group) is 1. The second kappa shape index (κ2) is 7.74. The first-order chi connectivity index (χ1) is 10.1.